The summed E-state index contributed by atoms with van der Waals surface area (Å²) in [5.41, 5.74) is 1.20. The van der Waals surface area contributed by atoms with E-state index in [0.717, 1.165) is 10.5 Å². The number of amides is 3. The number of hydrogen-bond acceptors (Lipinski definition) is 4. The maximum Gasteiger partial charge on any atom is 0.263 e. The minimum atomic E-state index is -0.549. The summed E-state index contributed by atoms with van der Waals surface area (Å²) in [6, 6.07) is 8.23. The van der Waals surface area contributed by atoms with Gasteiger partial charge in [-0.3, -0.25) is 24.3 Å². The first-order valence-electron chi connectivity index (χ1n) is 6.88. The van der Waals surface area contributed by atoms with Crippen molar-refractivity contribution in [2.75, 3.05) is 6.54 Å². The first-order valence-corrected chi connectivity index (χ1v) is 7.26. The van der Waals surface area contributed by atoms with E-state index >= 15 is 0 Å². The Bertz CT molecular complexity index is 792. The van der Waals surface area contributed by atoms with Crippen molar-refractivity contribution in [2.24, 2.45) is 0 Å². The van der Waals surface area contributed by atoms with Gasteiger partial charge in [-0.05, 0) is 23.8 Å². The zero-order valence-corrected chi connectivity index (χ0v) is 12.7. The van der Waals surface area contributed by atoms with Gasteiger partial charge in [-0.1, -0.05) is 23.7 Å². The molecule has 0 spiro atoms. The third-order valence-electron chi connectivity index (χ3n) is 3.46. The summed E-state index contributed by atoms with van der Waals surface area (Å²) in [6.07, 6.45) is 3.26. The molecule has 6 nitrogen and oxygen atoms in total. The van der Waals surface area contributed by atoms with Gasteiger partial charge in [-0.2, -0.15) is 0 Å². The Kier molecular flexibility index (Phi) is 4.08. The van der Waals surface area contributed by atoms with E-state index in [4.69, 9.17) is 11.6 Å². The number of nitrogens with zero attached hydrogens (tertiary/aromatic N) is 2. The molecule has 0 saturated carbocycles. The van der Waals surface area contributed by atoms with E-state index in [2.05, 4.69) is 10.3 Å². The lowest BCUT2D eigenvalue weighted by Crippen LogP contribution is -2.40. The quantitative estimate of drug-likeness (QED) is 0.865. The molecule has 1 N–H and O–H groups in total. The highest BCUT2D eigenvalue weighted by Crippen LogP contribution is 2.28. The van der Waals surface area contributed by atoms with Gasteiger partial charge in [0, 0.05) is 18.9 Å². The Morgan fingerprint density at radius 2 is 2.00 bits per heavy atom. The van der Waals surface area contributed by atoms with Crippen molar-refractivity contribution in [2.45, 2.75) is 6.54 Å². The summed E-state index contributed by atoms with van der Waals surface area (Å²) < 4.78 is 0. The Balaban J connectivity index is 1.67. The van der Waals surface area contributed by atoms with Crippen molar-refractivity contribution < 1.29 is 14.4 Å². The Hall–Kier alpha value is -2.73. The molecule has 0 atom stereocenters. The molecule has 0 saturated heterocycles. The van der Waals surface area contributed by atoms with Gasteiger partial charge in [0.15, 0.2) is 0 Å². The zero-order chi connectivity index (χ0) is 16.4. The van der Waals surface area contributed by atoms with Crippen LogP contribution in [0, 0.1) is 0 Å². The fourth-order valence-electron chi connectivity index (χ4n) is 2.34. The first kappa shape index (κ1) is 15.2. The lowest BCUT2D eigenvalue weighted by atomic mass is 10.1. The Morgan fingerprint density at radius 3 is 2.70 bits per heavy atom. The van der Waals surface area contributed by atoms with Crippen LogP contribution in [0.2, 0.25) is 5.02 Å². The monoisotopic (exact) mass is 329 g/mol. The highest BCUT2D eigenvalue weighted by molar-refractivity contribution is 6.37. The van der Waals surface area contributed by atoms with Crippen LogP contribution in [0.4, 0.5) is 0 Å². The summed E-state index contributed by atoms with van der Waals surface area (Å²) >= 11 is 5.97. The second-order valence-corrected chi connectivity index (χ2v) is 5.40. The fourth-order valence-corrected chi connectivity index (χ4v) is 2.59. The molecule has 0 bridgehead atoms. The standard InChI is InChI=1S/C16H12ClN3O3/c17-12-5-1-4-11-14(12)16(23)20(15(11)22)9-13(21)19-8-10-3-2-6-18-7-10/h1-7H,8-9H2,(H,19,21). The van der Waals surface area contributed by atoms with E-state index in [9.17, 15) is 14.4 Å². The van der Waals surface area contributed by atoms with E-state index < -0.39 is 17.7 Å². The number of carbonyl (C=O) groups excluding carboxylic acids is 3. The molecule has 1 aromatic heterocycles. The van der Waals surface area contributed by atoms with Crippen LogP contribution in [-0.2, 0) is 11.3 Å². The van der Waals surface area contributed by atoms with Gasteiger partial charge in [-0.25, -0.2) is 0 Å². The molecule has 0 unspecified atom stereocenters. The molecule has 1 aromatic carbocycles. The second-order valence-electron chi connectivity index (χ2n) is 5.00. The zero-order valence-electron chi connectivity index (χ0n) is 12.0. The summed E-state index contributed by atoms with van der Waals surface area (Å²) in [6.45, 7) is -0.0699. The number of pyridine rings is 1. The largest absolute Gasteiger partial charge is 0.350 e. The van der Waals surface area contributed by atoms with Crippen LogP contribution in [0.25, 0.3) is 0 Å². The lowest BCUT2D eigenvalue weighted by Gasteiger charge is -2.13. The van der Waals surface area contributed by atoms with Crippen molar-refractivity contribution in [1.29, 1.82) is 0 Å². The van der Waals surface area contributed by atoms with Gasteiger partial charge in [0.05, 0.1) is 16.1 Å². The van der Waals surface area contributed by atoms with Crippen molar-refractivity contribution in [3.8, 4) is 0 Å². The summed E-state index contributed by atoms with van der Waals surface area (Å²) in [7, 11) is 0. The maximum absolute atomic E-state index is 12.3. The van der Waals surface area contributed by atoms with E-state index in [1.165, 1.54) is 12.1 Å². The average Bonchev–Trinajstić information content (AvgIpc) is 2.80. The number of aromatic nitrogens is 1. The van der Waals surface area contributed by atoms with Gasteiger partial charge in [0.1, 0.15) is 6.54 Å². The minimum absolute atomic E-state index is 0.152. The fraction of sp³-hybridized carbons (Fsp3) is 0.125. The normalized spacial score (nSPS) is 13.2. The van der Waals surface area contributed by atoms with Crippen molar-refractivity contribution >= 4 is 29.3 Å². The van der Waals surface area contributed by atoms with Gasteiger partial charge in [-0.15, -0.1) is 0 Å². The molecular weight excluding hydrogens is 318 g/mol. The molecule has 1 aliphatic heterocycles. The predicted octanol–water partition coefficient (Wildman–Crippen LogP) is 1.65. The summed E-state index contributed by atoms with van der Waals surface area (Å²) in [5.74, 6) is -1.49. The molecule has 7 heteroatoms. The molecular formula is C16H12ClN3O3. The van der Waals surface area contributed by atoms with Crippen LogP contribution in [0.3, 0.4) is 0 Å². The Morgan fingerprint density at radius 1 is 1.17 bits per heavy atom. The second kappa shape index (κ2) is 6.18. The van der Waals surface area contributed by atoms with Gasteiger partial charge in [0.25, 0.3) is 11.8 Å². The molecule has 0 aliphatic carbocycles. The number of hydrogen-bond donors (Lipinski definition) is 1. The molecule has 2 heterocycles. The topological polar surface area (TPSA) is 79.4 Å². The van der Waals surface area contributed by atoms with Gasteiger partial charge < -0.3 is 5.32 Å². The van der Waals surface area contributed by atoms with Crippen LogP contribution < -0.4 is 5.32 Å². The number of fused-ring (bicyclic) bond motifs is 1. The lowest BCUT2D eigenvalue weighted by molar-refractivity contribution is -0.121. The SMILES string of the molecule is O=C(CN1C(=O)c2cccc(Cl)c2C1=O)NCc1cccnc1. The highest BCUT2D eigenvalue weighted by Gasteiger charge is 2.38. The van der Waals surface area contributed by atoms with Crippen LogP contribution in [0.5, 0.6) is 0 Å². The number of benzene rings is 1. The molecule has 3 amide bonds. The van der Waals surface area contributed by atoms with E-state index in [-0.39, 0.29) is 29.2 Å². The van der Waals surface area contributed by atoms with E-state index in [0.29, 0.717) is 0 Å². The van der Waals surface area contributed by atoms with Crippen molar-refractivity contribution in [1.82, 2.24) is 15.2 Å². The number of rotatable bonds is 4. The molecule has 23 heavy (non-hydrogen) atoms. The molecule has 1 aliphatic rings. The number of nitrogens with one attached hydrogen (secondary N) is 1. The number of carbonyl (C=O) groups is 3. The summed E-state index contributed by atoms with van der Waals surface area (Å²) in [4.78, 5) is 41.3. The third kappa shape index (κ3) is 2.93. The molecule has 2 aromatic rings. The van der Waals surface area contributed by atoms with E-state index in [1.807, 2.05) is 6.07 Å². The third-order valence-corrected chi connectivity index (χ3v) is 3.78. The molecule has 116 valence electrons. The smallest absolute Gasteiger partial charge is 0.263 e. The average molecular weight is 330 g/mol. The minimum Gasteiger partial charge on any atom is -0.350 e. The van der Waals surface area contributed by atoms with E-state index in [1.54, 1.807) is 24.5 Å². The molecule has 0 fully saturated rings. The molecule has 0 radical (unpaired) electrons. The number of halogens is 1. The van der Waals surface area contributed by atoms with Gasteiger partial charge in [0.2, 0.25) is 5.91 Å². The Labute approximate surface area is 137 Å². The molecule has 3 rings (SSSR count). The van der Waals surface area contributed by atoms with Crippen LogP contribution in [0.1, 0.15) is 26.3 Å². The van der Waals surface area contributed by atoms with Crippen LogP contribution in [0.15, 0.2) is 42.7 Å². The number of imide groups is 1. The summed E-state index contributed by atoms with van der Waals surface area (Å²) in [5, 5.41) is 2.86. The predicted molar refractivity (Wildman–Crippen MR) is 82.9 cm³/mol. The maximum atomic E-state index is 12.3. The van der Waals surface area contributed by atoms with Crippen molar-refractivity contribution in [3.63, 3.8) is 0 Å². The van der Waals surface area contributed by atoms with Crippen molar-refractivity contribution in [3.05, 3.63) is 64.4 Å². The first-order chi connectivity index (χ1) is 11.1. The van der Waals surface area contributed by atoms with Crippen LogP contribution in [-0.4, -0.2) is 34.2 Å². The van der Waals surface area contributed by atoms with Crippen LogP contribution >= 0.6 is 11.6 Å². The highest BCUT2D eigenvalue weighted by atomic mass is 35.5. The van der Waals surface area contributed by atoms with Gasteiger partial charge >= 0.3 is 0 Å².